The number of methoxy groups -OCH3 is 1. The van der Waals surface area contributed by atoms with Crippen molar-refractivity contribution in [2.45, 2.75) is 18.8 Å². The number of carbonyl (C=O) groups is 1. The first-order valence-corrected chi connectivity index (χ1v) is 8.83. The predicted molar refractivity (Wildman–Crippen MR) is 93.0 cm³/mol. The fraction of sp³-hybridized carbons (Fsp3) is 0.579. The zero-order valence-electron chi connectivity index (χ0n) is 14.7. The Morgan fingerprint density at radius 3 is 2.64 bits per heavy atom. The van der Waals surface area contributed by atoms with Crippen LogP contribution in [0.2, 0.25) is 0 Å². The van der Waals surface area contributed by atoms with Gasteiger partial charge in [0, 0.05) is 45.6 Å². The van der Waals surface area contributed by atoms with Crippen LogP contribution in [0.25, 0.3) is 0 Å². The molecule has 0 radical (unpaired) electrons. The van der Waals surface area contributed by atoms with E-state index in [1.807, 2.05) is 17.0 Å². The van der Waals surface area contributed by atoms with E-state index in [0.717, 1.165) is 38.3 Å². The van der Waals surface area contributed by atoms with Gasteiger partial charge in [0.2, 0.25) is 5.91 Å². The molecule has 0 bridgehead atoms. The lowest BCUT2D eigenvalue weighted by atomic mass is 9.90. The van der Waals surface area contributed by atoms with E-state index in [1.54, 1.807) is 12.0 Å². The van der Waals surface area contributed by atoms with E-state index >= 15 is 0 Å². The van der Waals surface area contributed by atoms with Crippen molar-refractivity contribution in [3.8, 4) is 11.9 Å². The molecule has 134 valence electrons. The van der Waals surface area contributed by atoms with Crippen LogP contribution in [0.5, 0.6) is 5.75 Å². The molecular formula is C19H25N3O3. The molecule has 3 rings (SSSR count). The summed E-state index contributed by atoms with van der Waals surface area (Å²) in [4.78, 5) is 16.0. The van der Waals surface area contributed by atoms with E-state index in [9.17, 15) is 4.79 Å². The average Bonchev–Trinajstić information content (AvgIpc) is 3.03. The second-order valence-electron chi connectivity index (χ2n) is 6.81. The van der Waals surface area contributed by atoms with Gasteiger partial charge in [0.05, 0.1) is 6.61 Å². The second kappa shape index (κ2) is 8.21. The highest BCUT2D eigenvalue weighted by atomic mass is 16.5. The third-order valence-electron chi connectivity index (χ3n) is 5.03. The Morgan fingerprint density at radius 2 is 2.00 bits per heavy atom. The molecule has 0 N–H and O–H groups in total. The SMILES string of the molecule is COCCOc1ccc(C2CN(C(=O)C[C@H]3CCN(C#N)C3)C2)cc1. The van der Waals surface area contributed by atoms with Crippen LogP contribution in [0.4, 0.5) is 0 Å². The molecule has 2 aliphatic heterocycles. The lowest BCUT2D eigenvalue weighted by Gasteiger charge is -2.40. The van der Waals surface area contributed by atoms with Crippen molar-refractivity contribution < 1.29 is 14.3 Å². The maximum absolute atomic E-state index is 12.3. The molecule has 1 aromatic carbocycles. The number of nitriles is 1. The van der Waals surface area contributed by atoms with Gasteiger partial charge in [-0.25, -0.2) is 0 Å². The van der Waals surface area contributed by atoms with Crippen LogP contribution in [-0.2, 0) is 9.53 Å². The van der Waals surface area contributed by atoms with Gasteiger partial charge < -0.3 is 19.3 Å². The van der Waals surface area contributed by atoms with Gasteiger partial charge >= 0.3 is 0 Å². The van der Waals surface area contributed by atoms with Gasteiger partial charge in [-0.2, -0.15) is 5.26 Å². The quantitative estimate of drug-likeness (QED) is 0.558. The molecule has 6 nitrogen and oxygen atoms in total. The Labute approximate surface area is 148 Å². The highest BCUT2D eigenvalue weighted by Gasteiger charge is 2.33. The number of carbonyl (C=O) groups excluding carboxylic acids is 1. The van der Waals surface area contributed by atoms with Gasteiger partial charge in [-0.05, 0) is 30.0 Å². The van der Waals surface area contributed by atoms with Crippen molar-refractivity contribution in [3.05, 3.63) is 29.8 Å². The highest BCUT2D eigenvalue weighted by molar-refractivity contribution is 5.77. The topological polar surface area (TPSA) is 65.8 Å². The molecule has 0 unspecified atom stereocenters. The number of hydrogen-bond acceptors (Lipinski definition) is 5. The van der Waals surface area contributed by atoms with Crippen LogP contribution in [0.15, 0.2) is 24.3 Å². The molecule has 6 heteroatoms. The number of nitrogens with zero attached hydrogens (tertiary/aromatic N) is 3. The Bertz CT molecular complexity index is 620. The molecule has 2 saturated heterocycles. The van der Waals surface area contributed by atoms with Crippen LogP contribution >= 0.6 is 0 Å². The average molecular weight is 343 g/mol. The summed E-state index contributed by atoms with van der Waals surface area (Å²) in [5, 5.41) is 8.89. The molecule has 25 heavy (non-hydrogen) atoms. The molecule has 1 aromatic rings. The van der Waals surface area contributed by atoms with Crippen LogP contribution in [-0.4, -0.2) is 62.2 Å². The maximum Gasteiger partial charge on any atom is 0.222 e. The number of amides is 1. The number of hydrogen-bond donors (Lipinski definition) is 0. The predicted octanol–water partition coefficient (Wildman–Crippen LogP) is 1.83. The normalized spacial score (nSPS) is 20.2. The van der Waals surface area contributed by atoms with Crippen LogP contribution in [0.3, 0.4) is 0 Å². The smallest absolute Gasteiger partial charge is 0.222 e. The Morgan fingerprint density at radius 1 is 1.24 bits per heavy atom. The van der Waals surface area contributed by atoms with Gasteiger partial charge in [0.15, 0.2) is 6.19 Å². The number of benzene rings is 1. The Balaban J connectivity index is 1.41. The van der Waals surface area contributed by atoms with Crippen molar-refractivity contribution in [2.24, 2.45) is 5.92 Å². The van der Waals surface area contributed by atoms with Crippen LogP contribution in [0.1, 0.15) is 24.3 Å². The molecule has 2 heterocycles. The summed E-state index contributed by atoms with van der Waals surface area (Å²) in [5.41, 5.74) is 1.25. The monoisotopic (exact) mass is 343 g/mol. The number of rotatable bonds is 7. The molecule has 1 amide bonds. The number of ether oxygens (including phenoxy) is 2. The largest absolute Gasteiger partial charge is 0.491 e. The molecule has 0 spiro atoms. The third-order valence-corrected chi connectivity index (χ3v) is 5.03. The minimum absolute atomic E-state index is 0.223. The van der Waals surface area contributed by atoms with E-state index < -0.39 is 0 Å². The van der Waals surface area contributed by atoms with Gasteiger partial charge in [0.25, 0.3) is 0 Å². The standard InChI is InChI=1S/C19H25N3O3/c1-24-8-9-25-18-4-2-16(3-5-18)17-12-22(13-17)19(23)10-15-6-7-21(11-15)14-20/h2-5,15,17H,6-13H2,1H3/t15-/m1/s1. The zero-order valence-corrected chi connectivity index (χ0v) is 14.7. The molecule has 0 saturated carbocycles. The summed E-state index contributed by atoms with van der Waals surface area (Å²) in [5.74, 6) is 1.81. The molecule has 2 aliphatic rings. The van der Waals surface area contributed by atoms with Gasteiger partial charge in [-0.1, -0.05) is 12.1 Å². The molecule has 2 fully saturated rings. The summed E-state index contributed by atoms with van der Waals surface area (Å²) < 4.78 is 10.5. The first-order chi connectivity index (χ1) is 12.2. The highest BCUT2D eigenvalue weighted by Crippen LogP contribution is 2.30. The first kappa shape index (κ1) is 17.6. The molecule has 1 atom stereocenters. The summed E-state index contributed by atoms with van der Waals surface area (Å²) in [6.45, 7) is 4.22. The summed E-state index contributed by atoms with van der Waals surface area (Å²) in [6, 6.07) is 8.11. The second-order valence-corrected chi connectivity index (χ2v) is 6.81. The van der Waals surface area contributed by atoms with E-state index in [0.29, 0.717) is 31.5 Å². The zero-order chi connectivity index (χ0) is 17.6. The van der Waals surface area contributed by atoms with Crippen molar-refractivity contribution in [3.63, 3.8) is 0 Å². The molecule has 0 aromatic heterocycles. The van der Waals surface area contributed by atoms with Crippen molar-refractivity contribution in [1.29, 1.82) is 5.26 Å². The van der Waals surface area contributed by atoms with E-state index in [-0.39, 0.29) is 5.91 Å². The lowest BCUT2D eigenvalue weighted by molar-refractivity contribution is -0.136. The first-order valence-electron chi connectivity index (χ1n) is 8.83. The Hall–Kier alpha value is -2.26. The maximum atomic E-state index is 12.3. The van der Waals surface area contributed by atoms with E-state index in [2.05, 4.69) is 18.3 Å². The summed E-state index contributed by atoms with van der Waals surface area (Å²) >= 11 is 0. The van der Waals surface area contributed by atoms with Crippen LogP contribution in [0, 0.1) is 17.4 Å². The third kappa shape index (κ3) is 4.43. The van der Waals surface area contributed by atoms with Gasteiger partial charge in [-0.15, -0.1) is 0 Å². The minimum Gasteiger partial charge on any atom is -0.491 e. The van der Waals surface area contributed by atoms with Crippen molar-refractivity contribution in [2.75, 3.05) is 46.5 Å². The van der Waals surface area contributed by atoms with Crippen LogP contribution < -0.4 is 4.74 Å². The number of likely N-dealkylation sites (tertiary alicyclic amines) is 2. The summed E-state index contributed by atoms with van der Waals surface area (Å²) in [6.07, 6.45) is 3.68. The molecular weight excluding hydrogens is 318 g/mol. The van der Waals surface area contributed by atoms with Crippen molar-refractivity contribution >= 4 is 5.91 Å². The Kier molecular flexibility index (Phi) is 5.77. The van der Waals surface area contributed by atoms with E-state index in [4.69, 9.17) is 14.7 Å². The van der Waals surface area contributed by atoms with Crippen molar-refractivity contribution in [1.82, 2.24) is 9.80 Å². The van der Waals surface area contributed by atoms with Gasteiger partial charge in [-0.3, -0.25) is 4.79 Å². The van der Waals surface area contributed by atoms with E-state index in [1.165, 1.54) is 5.56 Å². The fourth-order valence-electron chi connectivity index (χ4n) is 3.44. The summed E-state index contributed by atoms with van der Waals surface area (Å²) in [7, 11) is 1.66. The lowest BCUT2D eigenvalue weighted by Crippen LogP contribution is -2.48. The van der Waals surface area contributed by atoms with Gasteiger partial charge in [0.1, 0.15) is 12.4 Å². The fourth-order valence-corrected chi connectivity index (χ4v) is 3.44. The molecule has 0 aliphatic carbocycles. The minimum atomic E-state index is 0.223.